The highest BCUT2D eigenvalue weighted by molar-refractivity contribution is 9.10. The van der Waals surface area contributed by atoms with Gasteiger partial charge in [-0.2, -0.15) is 0 Å². The molecule has 2 heterocycles. The number of pyridine rings is 1. The Balaban J connectivity index is 1.94. The summed E-state index contributed by atoms with van der Waals surface area (Å²) in [6.45, 7) is 0. The molecule has 4 aromatic rings. The van der Waals surface area contributed by atoms with Crippen molar-refractivity contribution >= 4 is 38.7 Å². The van der Waals surface area contributed by atoms with Crippen LogP contribution in [-0.4, -0.2) is 9.55 Å². The van der Waals surface area contributed by atoms with Crippen LogP contribution in [0.15, 0.2) is 83.5 Å². The number of hydrogen-bond acceptors (Lipinski definition) is 1. The van der Waals surface area contributed by atoms with E-state index in [0.29, 0.717) is 11.5 Å². The Bertz CT molecular complexity index is 1070. The molecule has 0 saturated heterocycles. The average molecular weight is 393 g/mol. The van der Waals surface area contributed by atoms with E-state index < -0.39 is 0 Å². The highest BCUT2D eigenvalue weighted by Gasteiger charge is 2.15. The Morgan fingerprint density at radius 3 is 2.52 bits per heavy atom. The van der Waals surface area contributed by atoms with E-state index in [-0.39, 0.29) is 5.83 Å². The van der Waals surface area contributed by atoms with E-state index in [1.54, 1.807) is 6.20 Å². The summed E-state index contributed by atoms with van der Waals surface area (Å²) in [5.41, 5.74) is 2.19. The molecule has 2 aromatic carbocycles. The Kier molecular flexibility index (Phi) is 4.20. The molecule has 0 aliphatic carbocycles. The molecule has 25 heavy (non-hydrogen) atoms. The van der Waals surface area contributed by atoms with Crippen LogP contribution < -0.4 is 0 Å². The lowest BCUT2D eigenvalue weighted by atomic mass is 10.2. The Morgan fingerprint density at radius 2 is 1.72 bits per heavy atom. The van der Waals surface area contributed by atoms with Crippen LogP contribution in [0.5, 0.6) is 0 Å². The molecule has 0 saturated carbocycles. The zero-order valence-electron chi connectivity index (χ0n) is 13.2. The molecule has 0 spiro atoms. The molecular formula is C21H14BrFN2. The van der Waals surface area contributed by atoms with Crippen LogP contribution in [0, 0.1) is 0 Å². The van der Waals surface area contributed by atoms with Gasteiger partial charge in [-0.1, -0.05) is 58.4 Å². The van der Waals surface area contributed by atoms with Crippen molar-refractivity contribution in [3.05, 3.63) is 94.7 Å². The van der Waals surface area contributed by atoms with Gasteiger partial charge in [-0.25, -0.2) is 9.37 Å². The number of halogens is 2. The summed E-state index contributed by atoms with van der Waals surface area (Å²) in [4.78, 5) is 4.40. The molecule has 4 heteroatoms. The first kappa shape index (κ1) is 15.8. The van der Waals surface area contributed by atoms with Crippen LogP contribution in [-0.2, 0) is 0 Å². The lowest BCUT2D eigenvalue weighted by Gasteiger charge is -2.09. The minimum Gasteiger partial charge on any atom is -0.291 e. The van der Waals surface area contributed by atoms with Gasteiger partial charge in [0.15, 0.2) is 0 Å². The van der Waals surface area contributed by atoms with Crippen molar-refractivity contribution < 1.29 is 4.39 Å². The lowest BCUT2D eigenvalue weighted by molar-refractivity contribution is 0.751. The van der Waals surface area contributed by atoms with Crippen molar-refractivity contribution in [1.82, 2.24) is 9.55 Å². The van der Waals surface area contributed by atoms with Crippen molar-refractivity contribution in [1.29, 1.82) is 0 Å². The quantitative estimate of drug-likeness (QED) is 0.402. The number of benzene rings is 2. The number of rotatable bonds is 3. The summed E-state index contributed by atoms with van der Waals surface area (Å²) < 4.78 is 17.9. The molecule has 0 N–H and O–H groups in total. The van der Waals surface area contributed by atoms with Gasteiger partial charge in [0.1, 0.15) is 11.6 Å². The molecule has 122 valence electrons. The molecule has 0 radical (unpaired) electrons. The first-order valence-electron chi connectivity index (χ1n) is 7.88. The summed E-state index contributed by atoms with van der Waals surface area (Å²) in [7, 11) is 0. The van der Waals surface area contributed by atoms with E-state index in [0.717, 1.165) is 20.9 Å². The van der Waals surface area contributed by atoms with Gasteiger partial charge in [-0.15, -0.1) is 0 Å². The lowest BCUT2D eigenvalue weighted by Crippen LogP contribution is -2.00. The van der Waals surface area contributed by atoms with Gasteiger partial charge in [-0.05, 0) is 42.0 Å². The van der Waals surface area contributed by atoms with Crippen molar-refractivity contribution in [2.75, 3.05) is 0 Å². The van der Waals surface area contributed by atoms with Crippen LogP contribution in [0.25, 0.3) is 28.6 Å². The highest BCUT2D eigenvalue weighted by atomic mass is 79.9. The molecule has 0 unspecified atom stereocenters. The molecule has 2 aromatic heterocycles. The molecule has 0 fully saturated rings. The fraction of sp³-hybridized carbons (Fsp3) is 0. The number of aromatic nitrogens is 2. The van der Waals surface area contributed by atoms with E-state index in [9.17, 15) is 0 Å². The van der Waals surface area contributed by atoms with Crippen LogP contribution in [0.4, 0.5) is 4.39 Å². The zero-order valence-corrected chi connectivity index (χ0v) is 14.8. The van der Waals surface area contributed by atoms with Crippen LogP contribution in [0.1, 0.15) is 11.3 Å². The topological polar surface area (TPSA) is 17.8 Å². The first-order valence-corrected chi connectivity index (χ1v) is 8.67. The molecule has 0 aliphatic rings. The third kappa shape index (κ3) is 3.01. The maximum atomic E-state index is 15.2. The second kappa shape index (κ2) is 6.65. The largest absolute Gasteiger partial charge is 0.291 e. The number of fused-ring (bicyclic) bond motifs is 1. The zero-order chi connectivity index (χ0) is 17.2. The number of nitrogens with zero attached hydrogens (tertiary/aromatic N) is 2. The maximum absolute atomic E-state index is 15.2. The monoisotopic (exact) mass is 392 g/mol. The molecule has 0 amide bonds. The maximum Gasteiger partial charge on any atom is 0.147 e. The fourth-order valence-corrected chi connectivity index (χ4v) is 3.27. The summed E-state index contributed by atoms with van der Waals surface area (Å²) in [5, 5.41) is 0.971. The van der Waals surface area contributed by atoms with Gasteiger partial charge < -0.3 is 0 Å². The molecule has 0 aliphatic heterocycles. The SMILES string of the molecule is F/C(=C\c1ccccc1Br)c1cc2ccccc2n1-c1ccccn1. The first-order chi connectivity index (χ1) is 12.2. The van der Waals surface area contributed by atoms with Crippen molar-refractivity contribution in [3.63, 3.8) is 0 Å². The summed E-state index contributed by atoms with van der Waals surface area (Å²) in [6.07, 6.45) is 3.25. The van der Waals surface area contributed by atoms with Crippen molar-refractivity contribution in [2.45, 2.75) is 0 Å². The summed E-state index contributed by atoms with van der Waals surface area (Å²) >= 11 is 3.47. The third-order valence-electron chi connectivity index (χ3n) is 4.02. The fourth-order valence-electron chi connectivity index (χ4n) is 2.87. The van der Waals surface area contributed by atoms with E-state index in [1.165, 1.54) is 6.08 Å². The number of para-hydroxylation sites is 1. The Morgan fingerprint density at radius 1 is 0.960 bits per heavy atom. The number of hydrogen-bond donors (Lipinski definition) is 0. The molecular weight excluding hydrogens is 379 g/mol. The minimum absolute atomic E-state index is 0.311. The van der Waals surface area contributed by atoms with Gasteiger partial charge in [0, 0.05) is 16.1 Å². The summed E-state index contributed by atoms with van der Waals surface area (Å²) in [5.74, 6) is 0.378. The average Bonchev–Trinajstić information content (AvgIpc) is 3.04. The van der Waals surface area contributed by atoms with E-state index in [1.807, 2.05) is 77.4 Å². The van der Waals surface area contributed by atoms with Gasteiger partial charge >= 0.3 is 0 Å². The second-order valence-corrected chi connectivity index (χ2v) is 6.48. The van der Waals surface area contributed by atoms with Gasteiger partial charge in [0.25, 0.3) is 0 Å². The van der Waals surface area contributed by atoms with Crippen LogP contribution in [0.3, 0.4) is 0 Å². The molecule has 4 rings (SSSR count). The van der Waals surface area contributed by atoms with E-state index in [4.69, 9.17) is 0 Å². The standard InChI is InChI=1S/C21H14BrFN2/c22-17-9-3-1-7-15(17)13-18(23)20-14-16-8-2-4-10-19(16)25(20)21-11-5-6-12-24-21/h1-14H/b18-13-. The van der Waals surface area contributed by atoms with Crippen LogP contribution >= 0.6 is 15.9 Å². The van der Waals surface area contributed by atoms with E-state index in [2.05, 4.69) is 20.9 Å². The van der Waals surface area contributed by atoms with Crippen molar-refractivity contribution in [2.24, 2.45) is 0 Å². The van der Waals surface area contributed by atoms with Gasteiger partial charge in [0.2, 0.25) is 0 Å². The smallest absolute Gasteiger partial charge is 0.147 e. The second-order valence-electron chi connectivity index (χ2n) is 5.63. The highest BCUT2D eigenvalue weighted by Crippen LogP contribution is 2.31. The van der Waals surface area contributed by atoms with Gasteiger partial charge in [0.05, 0.1) is 11.2 Å². The van der Waals surface area contributed by atoms with E-state index >= 15 is 4.39 Å². The molecule has 0 atom stereocenters. The third-order valence-corrected chi connectivity index (χ3v) is 4.74. The molecule has 0 bridgehead atoms. The Hall–Kier alpha value is -2.72. The Labute approximate surface area is 153 Å². The normalized spacial score (nSPS) is 11.8. The van der Waals surface area contributed by atoms with Gasteiger partial charge in [-0.3, -0.25) is 4.57 Å². The molecule has 2 nitrogen and oxygen atoms in total. The van der Waals surface area contributed by atoms with Crippen molar-refractivity contribution in [3.8, 4) is 5.82 Å². The summed E-state index contributed by atoms with van der Waals surface area (Å²) in [6, 6.07) is 22.9. The van der Waals surface area contributed by atoms with Crippen LogP contribution in [0.2, 0.25) is 0 Å². The predicted octanol–water partition coefficient (Wildman–Crippen LogP) is 6.26. The minimum atomic E-state index is -0.311. The predicted molar refractivity (Wildman–Crippen MR) is 104 cm³/mol.